The number of ether oxygens (including phenoxy) is 1. The van der Waals surface area contributed by atoms with Crippen molar-refractivity contribution in [2.75, 3.05) is 27.2 Å². The zero-order chi connectivity index (χ0) is 30.1. The van der Waals surface area contributed by atoms with Crippen molar-refractivity contribution in [2.45, 2.75) is 94.7 Å². The predicted molar refractivity (Wildman–Crippen MR) is 152 cm³/mol. The number of carbonyl (C=O) groups is 4. The maximum atomic E-state index is 13.8. The maximum Gasteiger partial charge on any atom is 0.408 e. The lowest BCUT2D eigenvalue weighted by Crippen LogP contribution is -2.59. The van der Waals surface area contributed by atoms with Crippen molar-refractivity contribution < 1.29 is 23.9 Å². The largest absolute Gasteiger partial charge is 0.444 e. The van der Waals surface area contributed by atoms with E-state index in [4.69, 9.17) is 4.74 Å². The van der Waals surface area contributed by atoms with Crippen LogP contribution in [-0.2, 0) is 20.7 Å². The zero-order valence-electron chi connectivity index (χ0n) is 25.0. The van der Waals surface area contributed by atoms with E-state index in [2.05, 4.69) is 11.4 Å². The van der Waals surface area contributed by atoms with Gasteiger partial charge in [0.15, 0.2) is 0 Å². The number of nitrogens with zero attached hydrogens (tertiary/aromatic N) is 5. The van der Waals surface area contributed by atoms with E-state index in [1.54, 1.807) is 44.7 Å². The molecule has 0 spiro atoms. The van der Waals surface area contributed by atoms with Gasteiger partial charge in [0, 0.05) is 44.8 Å². The summed E-state index contributed by atoms with van der Waals surface area (Å²) in [5, 5.41) is 12.5. The molecule has 1 aromatic rings. The average molecular weight is 577 g/mol. The highest BCUT2D eigenvalue weighted by Gasteiger charge is 2.57. The number of piperazine rings is 1. The summed E-state index contributed by atoms with van der Waals surface area (Å²) in [5.41, 5.74) is 2.14. The van der Waals surface area contributed by atoms with Crippen molar-refractivity contribution >= 4 is 23.8 Å². The van der Waals surface area contributed by atoms with Gasteiger partial charge in [-0.2, -0.15) is 5.26 Å². The van der Waals surface area contributed by atoms with E-state index in [1.807, 2.05) is 28.0 Å². The highest BCUT2D eigenvalue weighted by Crippen LogP contribution is 2.48. The topological polar surface area (TPSA) is 126 Å². The Morgan fingerprint density at radius 2 is 1.93 bits per heavy atom. The lowest BCUT2D eigenvalue weighted by molar-refractivity contribution is -0.141. The van der Waals surface area contributed by atoms with Gasteiger partial charge in [0.05, 0.1) is 18.2 Å². The summed E-state index contributed by atoms with van der Waals surface area (Å²) in [6.45, 7) is 6.08. The van der Waals surface area contributed by atoms with Gasteiger partial charge in [-0.25, -0.2) is 4.79 Å². The number of carbonyl (C=O) groups excluding carboxylic acids is 4. The molecular formula is C31H40N6O5. The summed E-state index contributed by atoms with van der Waals surface area (Å²) < 4.78 is 5.47. The zero-order valence-corrected chi connectivity index (χ0v) is 25.0. The second-order valence-corrected chi connectivity index (χ2v) is 13.7. The van der Waals surface area contributed by atoms with E-state index in [0.717, 1.165) is 30.4 Å². The fourth-order valence-corrected chi connectivity index (χ4v) is 7.51. The number of amides is 4. The van der Waals surface area contributed by atoms with Crippen molar-refractivity contribution in [3.05, 3.63) is 34.9 Å². The van der Waals surface area contributed by atoms with Gasteiger partial charge in [0.2, 0.25) is 11.8 Å². The molecule has 2 aliphatic carbocycles. The molecule has 3 saturated heterocycles. The van der Waals surface area contributed by atoms with Crippen molar-refractivity contribution in [3.8, 4) is 6.07 Å². The average Bonchev–Trinajstić information content (AvgIpc) is 3.25. The molecule has 11 nitrogen and oxygen atoms in total. The Morgan fingerprint density at radius 3 is 2.60 bits per heavy atom. The molecule has 42 heavy (non-hydrogen) atoms. The Hall–Kier alpha value is -3.65. The van der Waals surface area contributed by atoms with Crippen LogP contribution in [0.2, 0.25) is 0 Å². The van der Waals surface area contributed by atoms with Crippen LogP contribution in [0.4, 0.5) is 4.79 Å². The Morgan fingerprint density at radius 1 is 1.17 bits per heavy atom. The number of nitriles is 1. The second kappa shape index (κ2) is 10.3. The third kappa shape index (κ3) is 5.00. The van der Waals surface area contributed by atoms with Gasteiger partial charge in [-0.1, -0.05) is 6.07 Å². The summed E-state index contributed by atoms with van der Waals surface area (Å²) in [4.78, 5) is 60.1. The highest BCUT2D eigenvalue weighted by molar-refractivity contribution is 5.94. The van der Waals surface area contributed by atoms with E-state index in [0.29, 0.717) is 30.9 Å². The first-order chi connectivity index (χ1) is 19.9. The molecule has 0 radical (unpaired) electrons. The fourth-order valence-electron chi connectivity index (χ4n) is 7.51. The van der Waals surface area contributed by atoms with Crippen LogP contribution in [0, 0.1) is 17.2 Å². The lowest BCUT2D eigenvalue weighted by atomic mass is 10.0. The van der Waals surface area contributed by atoms with Gasteiger partial charge in [0.25, 0.3) is 5.91 Å². The van der Waals surface area contributed by atoms with E-state index in [9.17, 15) is 24.4 Å². The van der Waals surface area contributed by atoms with Gasteiger partial charge in [-0.3, -0.25) is 19.3 Å². The first kappa shape index (κ1) is 28.5. The van der Waals surface area contributed by atoms with Crippen LogP contribution in [0.15, 0.2) is 18.2 Å². The molecule has 0 unspecified atom stereocenters. The molecule has 0 aromatic heterocycles. The normalized spacial score (nSPS) is 30.0. The summed E-state index contributed by atoms with van der Waals surface area (Å²) >= 11 is 0. The monoisotopic (exact) mass is 576 g/mol. The number of piperidine rings is 1. The van der Waals surface area contributed by atoms with Crippen LogP contribution in [0.3, 0.4) is 0 Å². The van der Waals surface area contributed by atoms with Crippen LogP contribution in [-0.4, -0.2) is 106 Å². The number of benzene rings is 1. The summed E-state index contributed by atoms with van der Waals surface area (Å²) in [7, 11) is 3.47. The summed E-state index contributed by atoms with van der Waals surface area (Å²) in [6.07, 6.45) is 3.17. The van der Waals surface area contributed by atoms with E-state index in [-0.39, 0.29) is 48.4 Å². The van der Waals surface area contributed by atoms with Gasteiger partial charge in [0.1, 0.15) is 17.7 Å². The van der Waals surface area contributed by atoms with Gasteiger partial charge < -0.3 is 24.8 Å². The third-order valence-electron chi connectivity index (χ3n) is 9.41. The summed E-state index contributed by atoms with van der Waals surface area (Å²) in [5.74, 6) is 0.0752. The van der Waals surface area contributed by atoms with E-state index >= 15 is 0 Å². The molecule has 224 valence electrons. The molecule has 11 heteroatoms. The second-order valence-electron chi connectivity index (χ2n) is 13.7. The molecule has 1 aromatic carbocycles. The quantitative estimate of drug-likeness (QED) is 0.550. The van der Waals surface area contributed by atoms with Crippen LogP contribution in [0.5, 0.6) is 0 Å². The number of nitrogens with one attached hydrogen (secondary N) is 1. The minimum absolute atomic E-state index is 0.00488. The summed E-state index contributed by atoms with van der Waals surface area (Å²) in [6, 6.07) is 6.29. The molecule has 5 aliphatic rings. The molecule has 6 rings (SSSR count). The lowest BCUT2D eigenvalue weighted by Gasteiger charge is -2.39. The van der Waals surface area contributed by atoms with Crippen molar-refractivity contribution in [1.82, 2.24) is 24.9 Å². The Labute approximate surface area is 246 Å². The van der Waals surface area contributed by atoms with Crippen molar-refractivity contribution in [2.24, 2.45) is 5.92 Å². The molecule has 2 bridgehead atoms. The molecule has 1 N–H and O–H groups in total. The molecule has 1 saturated carbocycles. The van der Waals surface area contributed by atoms with Crippen molar-refractivity contribution in [3.63, 3.8) is 0 Å². The Bertz CT molecular complexity index is 1360. The number of fused-ring (bicyclic) bond motifs is 4. The van der Waals surface area contributed by atoms with Crippen LogP contribution in [0.1, 0.15) is 74.0 Å². The number of hydrogen-bond donors (Lipinski definition) is 1. The highest BCUT2D eigenvalue weighted by atomic mass is 16.6. The SMILES string of the molecule is CN(C)C(=O)c1ccc2c(c1)CC[C@@H]2N1C(=O)[C@H]2C[C@@H]1CN2C[C@H](NC(=O)OC(C)(C)C)C(=O)N1[C@H](C#N)C[C@@H]2C[C@@H]21. The number of aryl methyl sites for hydroxylation is 1. The number of likely N-dealkylation sites (tertiary alicyclic amines) is 3. The molecule has 4 fully saturated rings. The molecule has 3 aliphatic heterocycles. The van der Waals surface area contributed by atoms with Gasteiger partial charge >= 0.3 is 6.09 Å². The van der Waals surface area contributed by atoms with E-state index in [1.165, 1.54) is 0 Å². The molecule has 4 amide bonds. The Balaban J connectivity index is 1.17. The van der Waals surface area contributed by atoms with Crippen molar-refractivity contribution in [1.29, 1.82) is 5.26 Å². The molecular weight excluding hydrogens is 536 g/mol. The van der Waals surface area contributed by atoms with Crippen LogP contribution in [0.25, 0.3) is 0 Å². The van der Waals surface area contributed by atoms with E-state index < -0.39 is 23.8 Å². The maximum absolute atomic E-state index is 13.8. The first-order valence-electron chi connectivity index (χ1n) is 15.0. The molecule has 7 atom stereocenters. The fraction of sp³-hybridized carbons (Fsp3) is 0.645. The number of alkyl carbamates (subject to hydrolysis) is 1. The van der Waals surface area contributed by atoms with Gasteiger partial charge in [-0.05, 0) is 82.1 Å². The minimum atomic E-state index is -0.921. The first-order valence-corrected chi connectivity index (χ1v) is 15.0. The standard InChI is InChI=1S/C31H40N6O5/c1-31(2,3)42-30(41)33-23(28(39)36-20(14-32)11-19-12-25(19)36)16-35-15-21-13-26(35)29(40)37(21)24-9-7-17-10-18(6-8-22(17)24)27(38)34(4)5/h6,8,10,19-21,23-26H,7,9,11-13,15-16H2,1-5H3,(H,33,41)/t19-,20+,21-,23+,24+,25+,26-/m1/s1. The predicted octanol–water partition coefficient (Wildman–Crippen LogP) is 2.07. The Kier molecular flexibility index (Phi) is 6.96. The number of rotatable bonds is 6. The van der Waals surface area contributed by atoms with Crippen LogP contribution < -0.4 is 5.32 Å². The number of hydrogen-bond acceptors (Lipinski definition) is 7. The smallest absolute Gasteiger partial charge is 0.408 e. The minimum Gasteiger partial charge on any atom is -0.444 e. The molecule has 3 heterocycles. The van der Waals surface area contributed by atoms with Crippen LogP contribution >= 0.6 is 0 Å². The third-order valence-corrected chi connectivity index (χ3v) is 9.41. The van der Waals surface area contributed by atoms with Gasteiger partial charge in [-0.15, -0.1) is 0 Å².